The van der Waals surface area contributed by atoms with Crippen LogP contribution in [0.25, 0.3) is 33.6 Å². The highest BCUT2D eigenvalue weighted by Gasteiger charge is 2.31. The first-order valence-corrected chi connectivity index (χ1v) is 11.9. The molecule has 0 amide bonds. The van der Waals surface area contributed by atoms with Crippen molar-refractivity contribution in [1.29, 1.82) is 0 Å². The fraction of sp³-hybridized carbons (Fsp3) is 0.161. The van der Waals surface area contributed by atoms with Crippen molar-refractivity contribution in [2.75, 3.05) is 19.8 Å². The first kappa shape index (κ1) is 21.1. The third-order valence-corrected chi connectivity index (χ3v) is 6.50. The summed E-state index contributed by atoms with van der Waals surface area (Å²) in [6.45, 7) is 7.35. The highest BCUT2D eigenvalue weighted by atomic mass is 15.4. The maximum absolute atomic E-state index is 2.52. The molecular formula is C31H30N2. The molecule has 0 fully saturated rings. The Hall–Kier alpha value is -3.78. The van der Waals surface area contributed by atoms with Gasteiger partial charge in [0.2, 0.25) is 0 Å². The van der Waals surface area contributed by atoms with Crippen molar-refractivity contribution in [1.82, 2.24) is 9.80 Å². The number of benzene rings is 4. The summed E-state index contributed by atoms with van der Waals surface area (Å²) in [7, 11) is 0. The van der Waals surface area contributed by atoms with Crippen LogP contribution in [0.3, 0.4) is 0 Å². The van der Waals surface area contributed by atoms with Gasteiger partial charge in [-0.15, -0.1) is 0 Å². The van der Waals surface area contributed by atoms with E-state index < -0.39 is 0 Å². The van der Waals surface area contributed by atoms with Gasteiger partial charge in [-0.3, -0.25) is 0 Å². The second-order valence-corrected chi connectivity index (χ2v) is 8.37. The number of hydrogen-bond donors (Lipinski definition) is 0. The zero-order valence-electron chi connectivity index (χ0n) is 19.4. The lowest BCUT2D eigenvalue weighted by Crippen LogP contribution is -2.27. The molecule has 4 aromatic rings. The predicted octanol–water partition coefficient (Wildman–Crippen LogP) is 7.46. The summed E-state index contributed by atoms with van der Waals surface area (Å²) in [5.41, 5.74) is 10.3. The molecule has 0 saturated carbocycles. The van der Waals surface area contributed by atoms with Gasteiger partial charge in [0.05, 0.1) is 18.1 Å². The van der Waals surface area contributed by atoms with Crippen LogP contribution in [0.15, 0.2) is 109 Å². The van der Waals surface area contributed by atoms with Crippen LogP contribution in [-0.4, -0.2) is 29.6 Å². The SMILES string of the molecule is CCN1CN(CC)C(c2ccccc2-c2ccccc2)=C1c1ccccc1-c1ccccc1. The van der Waals surface area contributed by atoms with Crippen LogP contribution >= 0.6 is 0 Å². The molecule has 1 aliphatic rings. The van der Waals surface area contributed by atoms with Gasteiger partial charge in [0.25, 0.3) is 0 Å². The Bertz CT molecular complexity index is 1160. The largest absolute Gasteiger partial charge is 0.352 e. The van der Waals surface area contributed by atoms with E-state index in [1.807, 2.05) is 0 Å². The van der Waals surface area contributed by atoms with Crippen LogP contribution in [0.5, 0.6) is 0 Å². The summed E-state index contributed by atoms with van der Waals surface area (Å²) in [6.07, 6.45) is 0. The molecule has 0 unspecified atom stereocenters. The van der Waals surface area contributed by atoms with E-state index in [0.29, 0.717) is 0 Å². The summed E-state index contributed by atoms with van der Waals surface area (Å²) >= 11 is 0. The van der Waals surface area contributed by atoms with Gasteiger partial charge in [-0.2, -0.15) is 0 Å². The van der Waals surface area contributed by atoms with Crippen molar-refractivity contribution >= 4 is 11.4 Å². The molecule has 33 heavy (non-hydrogen) atoms. The normalized spacial score (nSPS) is 13.6. The van der Waals surface area contributed by atoms with Gasteiger partial charge >= 0.3 is 0 Å². The summed E-state index contributed by atoms with van der Waals surface area (Å²) in [5, 5.41) is 0. The maximum Gasteiger partial charge on any atom is 0.0904 e. The van der Waals surface area contributed by atoms with Gasteiger partial charge in [0.1, 0.15) is 0 Å². The molecule has 0 radical (unpaired) electrons. The average molecular weight is 431 g/mol. The fourth-order valence-corrected chi connectivity index (χ4v) is 4.88. The molecular weight excluding hydrogens is 400 g/mol. The minimum Gasteiger partial charge on any atom is -0.352 e. The van der Waals surface area contributed by atoms with E-state index in [1.54, 1.807) is 0 Å². The third-order valence-electron chi connectivity index (χ3n) is 6.50. The molecule has 0 N–H and O–H groups in total. The fourth-order valence-electron chi connectivity index (χ4n) is 4.88. The van der Waals surface area contributed by atoms with Crippen molar-refractivity contribution < 1.29 is 0 Å². The number of nitrogens with zero attached hydrogens (tertiary/aromatic N) is 2. The molecule has 1 aliphatic heterocycles. The van der Waals surface area contributed by atoms with E-state index in [4.69, 9.17) is 0 Å². The molecule has 0 atom stereocenters. The minimum absolute atomic E-state index is 0.907. The summed E-state index contributed by atoms with van der Waals surface area (Å²) in [6, 6.07) is 39.2. The van der Waals surface area contributed by atoms with Crippen LogP contribution in [0.1, 0.15) is 25.0 Å². The van der Waals surface area contributed by atoms with Crippen LogP contribution < -0.4 is 0 Å². The van der Waals surface area contributed by atoms with Crippen molar-refractivity contribution in [3.63, 3.8) is 0 Å². The Morgan fingerprint density at radius 1 is 0.455 bits per heavy atom. The first-order valence-electron chi connectivity index (χ1n) is 11.9. The lowest BCUT2D eigenvalue weighted by Gasteiger charge is -2.23. The smallest absolute Gasteiger partial charge is 0.0904 e. The van der Waals surface area contributed by atoms with Crippen molar-refractivity contribution in [3.05, 3.63) is 120 Å². The second-order valence-electron chi connectivity index (χ2n) is 8.37. The lowest BCUT2D eigenvalue weighted by molar-refractivity contribution is 0.297. The van der Waals surface area contributed by atoms with Gasteiger partial charge in [0.15, 0.2) is 0 Å². The Balaban J connectivity index is 1.79. The highest BCUT2D eigenvalue weighted by molar-refractivity contribution is 5.98. The van der Waals surface area contributed by atoms with Gasteiger partial charge < -0.3 is 9.80 Å². The van der Waals surface area contributed by atoms with Crippen LogP contribution in [0, 0.1) is 0 Å². The Morgan fingerprint density at radius 2 is 0.788 bits per heavy atom. The number of hydrogen-bond acceptors (Lipinski definition) is 2. The minimum atomic E-state index is 0.907. The topological polar surface area (TPSA) is 6.48 Å². The zero-order valence-corrected chi connectivity index (χ0v) is 19.4. The average Bonchev–Trinajstić information content (AvgIpc) is 3.28. The monoisotopic (exact) mass is 430 g/mol. The first-order chi connectivity index (χ1) is 16.3. The Morgan fingerprint density at radius 3 is 1.15 bits per heavy atom. The van der Waals surface area contributed by atoms with E-state index in [2.05, 4.69) is 133 Å². The highest BCUT2D eigenvalue weighted by Crippen LogP contribution is 2.43. The standard InChI is InChI=1S/C31H30N2/c1-3-32-23-33(4-2)31(29-22-14-12-20-27(29)25-17-9-6-10-18-25)30(32)28-21-13-11-19-26(28)24-15-7-5-8-16-24/h5-22H,3-4,23H2,1-2H3. The van der Waals surface area contributed by atoms with Gasteiger partial charge in [0, 0.05) is 24.2 Å². The molecule has 5 rings (SSSR count). The Kier molecular flexibility index (Phi) is 5.99. The molecule has 0 spiro atoms. The Labute approximate surface area is 197 Å². The van der Waals surface area contributed by atoms with E-state index in [1.165, 1.54) is 44.8 Å². The van der Waals surface area contributed by atoms with Crippen molar-refractivity contribution in [3.8, 4) is 22.3 Å². The zero-order chi connectivity index (χ0) is 22.6. The molecule has 0 aromatic heterocycles. The van der Waals surface area contributed by atoms with E-state index in [9.17, 15) is 0 Å². The maximum atomic E-state index is 2.52. The molecule has 0 aliphatic carbocycles. The van der Waals surface area contributed by atoms with Gasteiger partial charge in [-0.25, -0.2) is 0 Å². The van der Waals surface area contributed by atoms with Crippen LogP contribution in [0.4, 0.5) is 0 Å². The quantitative estimate of drug-likeness (QED) is 0.313. The van der Waals surface area contributed by atoms with E-state index >= 15 is 0 Å². The molecule has 2 nitrogen and oxygen atoms in total. The number of rotatable bonds is 6. The summed E-state index contributed by atoms with van der Waals surface area (Å²) in [5.74, 6) is 0. The second kappa shape index (κ2) is 9.38. The molecule has 2 heteroatoms. The van der Waals surface area contributed by atoms with Gasteiger partial charge in [-0.1, -0.05) is 109 Å². The molecule has 1 heterocycles. The molecule has 4 aromatic carbocycles. The third kappa shape index (κ3) is 3.93. The van der Waals surface area contributed by atoms with Crippen LogP contribution in [-0.2, 0) is 0 Å². The summed E-state index contributed by atoms with van der Waals surface area (Å²) < 4.78 is 0. The van der Waals surface area contributed by atoms with Crippen LogP contribution in [0.2, 0.25) is 0 Å². The van der Waals surface area contributed by atoms with Gasteiger partial charge in [-0.05, 0) is 36.1 Å². The van der Waals surface area contributed by atoms with Crippen molar-refractivity contribution in [2.45, 2.75) is 13.8 Å². The molecule has 164 valence electrons. The summed E-state index contributed by atoms with van der Waals surface area (Å²) in [4.78, 5) is 5.03. The molecule has 0 saturated heterocycles. The molecule has 0 bridgehead atoms. The lowest BCUT2D eigenvalue weighted by atomic mass is 9.92. The van der Waals surface area contributed by atoms with Crippen molar-refractivity contribution in [2.24, 2.45) is 0 Å². The predicted molar refractivity (Wildman–Crippen MR) is 140 cm³/mol. The van der Waals surface area contributed by atoms with E-state index in [-0.39, 0.29) is 0 Å². The van der Waals surface area contributed by atoms with E-state index in [0.717, 1.165) is 19.8 Å².